The van der Waals surface area contributed by atoms with Gasteiger partial charge in [-0.3, -0.25) is 14.4 Å². The Bertz CT molecular complexity index is 1760. The van der Waals surface area contributed by atoms with Crippen LogP contribution in [0.1, 0.15) is 60.1 Å². The van der Waals surface area contributed by atoms with Gasteiger partial charge in [0.1, 0.15) is 22.7 Å². The SMILES string of the molecule is Cc1cc(Oc2ccc(C)c(NC(=O)CCCN(C)C)c2)cc(-c2cn(C)c(=O)c3[nH]c(C(=O)NC4CCC(N)CC4)cc23)c1. The van der Waals surface area contributed by atoms with Gasteiger partial charge < -0.3 is 35.6 Å². The quantitative estimate of drug-likeness (QED) is 0.194. The van der Waals surface area contributed by atoms with E-state index in [1.165, 1.54) is 4.57 Å². The van der Waals surface area contributed by atoms with Crippen molar-refractivity contribution in [3.05, 3.63) is 75.8 Å². The summed E-state index contributed by atoms with van der Waals surface area (Å²) in [6.07, 6.45) is 6.47. The molecule has 0 spiro atoms. The Kier molecular flexibility index (Phi) is 9.74. The summed E-state index contributed by atoms with van der Waals surface area (Å²) in [4.78, 5) is 44.0. The first-order chi connectivity index (χ1) is 21.5. The third-order valence-electron chi connectivity index (χ3n) is 8.41. The van der Waals surface area contributed by atoms with Gasteiger partial charge in [-0.15, -0.1) is 0 Å². The maximum Gasteiger partial charge on any atom is 0.274 e. The Balaban J connectivity index is 1.40. The molecule has 0 bridgehead atoms. The zero-order valence-electron chi connectivity index (χ0n) is 26.8. The lowest BCUT2D eigenvalue weighted by molar-refractivity contribution is -0.116. The molecule has 1 aliphatic carbocycles. The van der Waals surface area contributed by atoms with Gasteiger partial charge in [0.15, 0.2) is 0 Å². The lowest BCUT2D eigenvalue weighted by Gasteiger charge is -2.26. The number of carbonyl (C=O) groups is 2. The van der Waals surface area contributed by atoms with Crippen LogP contribution in [0.5, 0.6) is 11.5 Å². The molecule has 5 rings (SSSR count). The molecule has 45 heavy (non-hydrogen) atoms. The van der Waals surface area contributed by atoms with Crippen LogP contribution >= 0.6 is 0 Å². The minimum Gasteiger partial charge on any atom is -0.457 e. The minimum atomic E-state index is -0.229. The summed E-state index contributed by atoms with van der Waals surface area (Å²) in [6, 6.07) is 13.5. The second-order valence-electron chi connectivity index (χ2n) is 12.6. The van der Waals surface area contributed by atoms with E-state index in [9.17, 15) is 14.4 Å². The molecule has 10 heteroatoms. The normalized spacial score (nSPS) is 16.6. The molecule has 0 saturated heterocycles. The topological polar surface area (TPSA) is 134 Å². The highest BCUT2D eigenvalue weighted by Gasteiger charge is 2.23. The van der Waals surface area contributed by atoms with Crippen molar-refractivity contribution in [2.45, 2.75) is 64.5 Å². The number of aromatic amines is 1. The highest BCUT2D eigenvalue weighted by atomic mass is 16.5. The number of amides is 2. The molecule has 2 heterocycles. The van der Waals surface area contributed by atoms with Crippen molar-refractivity contribution in [3.63, 3.8) is 0 Å². The van der Waals surface area contributed by atoms with Gasteiger partial charge in [-0.1, -0.05) is 12.1 Å². The molecule has 2 aromatic heterocycles. The predicted molar refractivity (Wildman–Crippen MR) is 179 cm³/mol. The Morgan fingerprint density at radius 1 is 1.04 bits per heavy atom. The molecule has 238 valence electrons. The van der Waals surface area contributed by atoms with E-state index >= 15 is 0 Å². The van der Waals surface area contributed by atoms with Gasteiger partial charge >= 0.3 is 0 Å². The van der Waals surface area contributed by atoms with Crippen LogP contribution in [0.4, 0.5) is 5.69 Å². The number of ether oxygens (including phenoxy) is 1. The van der Waals surface area contributed by atoms with Gasteiger partial charge in [-0.2, -0.15) is 0 Å². The van der Waals surface area contributed by atoms with E-state index in [-0.39, 0.29) is 29.5 Å². The Morgan fingerprint density at radius 3 is 2.53 bits per heavy atom. The third-order valence-corrected chi connectivity index (χ3v) is 8.41. The van der Waals surface area contributed by atoms with Crippen LogP contribution in [0.2, 0.25) is 0 Å². The number of aryl methyl sites for hydroxylation is 3. The summed E-state index contributed by atoms with van der Waals surface area (Å²) in [7, 11) is 5.68. The Hall–Kier alpha value is -4.41. The molecule has 2 amide bonds. The van der Waals surface area contributed by atoms with Gasteiger partial charge in [0.2, 0.25) is 5.91 Å². The highest BCUT2D eigenvalue weighted by molar-refractivity contribution is 6.02. The molecule has 0 radical (unpaired) electrons. The van der Waals surface area contributed by atoms with Crippen LogP contribution in [0, 0.1) is 13.8 Å². The maximum absolute atomic E-state index is 13.2. The number of hydrogen-bond donors (Lipinski definition) is 4. The maximum atomic E-state index is 13.2. The summed E-state index contributed by atoms with van der Waals surface area (Å²) in [5, 5.41) is 6.79. The number of aromatic nitrogens is 2. The number of carbonyl (C=O) groups excluding carboxylic acids is 2. The van der Waals surface area contributed by atoms with Gasteiger partial charge in [0, 0.05) is 54.5 Å². The number of H-pyrrole nitrogens is 1. The fourth-order valence-electron chi connectivity index (χ4n) is 5.88. The van der Waals surface area contributed by atoms with E-state index in [4.69, 9.17) is 10.5 Å². The van der Waals surface area contributed by atoms with Gasteiger partial charge in [-0.05, 0) is 108 Å². The van der Waals surface area contributed by atoms with Gasteiger partial charge in [0.05, 0.1) is 0 Å². The Labute approximate surface area is 263 Å². The molecular formula is C35H44N6O4. The standard InChI is InChI=1S/C35H44N6O4/c1-21-15-23(17-27(16-21)45-26-13-8-22(2)30(18-26)38-32(42)7-6-14-40(3)4)29-20-41(5)35(44)33-28(29)19-31(39-33)34(43)37-25-11-9-24(36)10-12-25/h8,13,15-20,24-25,39H,6-7,9-12,14,36H2,1-5H3,(H,37,43)(H,38,42). The summed E-state index contributed by atoms with van der Waals surface area (Å²) in [6.45, 7) is 4.78. The molecule has 1 saturated carbocycles. The van der Waals surface area contributed by atoms with Crippen LogP contribution in [0.25, 0.3) is 22.0 Å². The first-order valence-corrected chi connectivity index (χ1v) is 15.6. The number of nitrogens with two attached hydrogens (primary N) is 1. The van der Waals surface area contributed by atoms with Crippen LogP contribution in [-0.4, -0.2) is 59.0 Å². The van der Waals surface area contributed by atoms with E-state index in [0.717, 1.165) is 60.9 Å². The van der Waals surface area contributed by atoms with Crippen LogP contribution in [-0.2, 0) is 11.8 Å². The molecule has 2 aromatic carbocycles. The van der Waals surface area contributed by atoms with E-state index in [0.29, 0.717) is 40.2 Å². The number of nitrogens with one attached hydrogen (secondary N) is 3. The van der Waals surface area contributed by atoms with Gasteiger partial charge in [0.25, 0.3) is 11.5 Å². The average molecular weight is 613 g/mol. The van der Waals surface area contributed by atoms with Crippen molar-refractivity contribution >= 4 is 28.4 Å². The molecule has 0 unspecified atom stereocenters. The summed E-state index contributed by atoms with van der Waals surface area (Å²) in [5.74, 6) is 0.947. The van der Waals surface area contributed by atoms with E-state index in [2.05, 4.69) is 20.5 Å². The van der Waals surface area contributed by atoms with E-state index in [1.54, 1.807) is 19.3 Å². The van der Waals surface area contributed by atoms with Crippen LogP contribution < -0.4 is 26.7 Å². The summed E-state index contributed by atoms with van der Waals surface area (Å²) < 4.78 is 7.83. The molecule has 1 aliphatic rings. The van der Waals surface area contributed by atoms with Gasteiger partial charge in [-0.25, -0.2) is 0 Å². The van der Waals surface area contributed by atoms with Crippen molar-refractivity contribution < 1.29 is 14.3 Å². The fourth-order valence-corrected chi connectivity index (χ4v) is 5.88. The molecule has 1 fully saturated rings. The predicted octanol–water partition coefficient (Wildman–Crippen LogP) is 5.22. The fraction of sp³-hybridized carbons (Fsp3) is 0.400. The molecule has 0 atom stereocenters. The second-order valence-corrected chi connectivity index (χ2v) is 12.6. The van der Waals surface area contributed by atoms with E-state index < -0.39 is 0 Å². The third kappa shape index (κ3) is 7.82. The molecule has 0 aliphatic heterocycles. The minimum absolute atomic E-state index is 0.0314. The summed E-state index contributed by atoms with van der Waals surface area (Å²) in [5.41, 5.74) is 10.8. The van der Waals surface area contributed by atoms with Crippen molar-refractivity contribution in [1.29, 1.82) is 0 Å². The molecule has 4 aromatic rings. The first-order valence-electron chi connectivity index (χ1n) is 15.6. The zero-order valence-corrected chi connectivity index (χ0v) is 26.8. The van der Waals surface area contributed by atoms with Crippen LogP contribution in [0.15, 0.2) is 53.5 Å². The monoisotopic (exact) mass is 612 g/mol. The number of nitrogens with zero attached hydrogens (tertiary/aromatic N) is 2. The number of benzene rings is 2. The van der Waals surface area contributed by atoms with Crippen molar-refractivity contribution in [2.24, 2.45) is 12.8 Å². The largest absolute Gasteiger partial charge is 0.457 e. The van der Waals surface area contributed by atoms with Crippen LogP contribution in [0.3, 0.4) is 0 Å². The summed E-state index contributed by atoms with van der Waals surface area (Å²) >= 11 is 0. The van der Waals surface area contributed by atoms with Crippen molar-refractivity contribution in [2.75, 3.05) is 26.0 Å². The molecule has 5 N–H and O–H groups in total. The molecule has 10 nitrogen and oxygen atoms in total. The van der Waals surface area contributed by atoms with Crippen molar-refractivity contribution in [1.82, 2.24) is 19.8 Å². The average Bonchev–Trinajstić information content (AvgIpc) is 3.43. The zero-order chi connectivity index (χ0) is 32.2. The van der Waals surface area contributed by atoms with Crippen molar-refractivity contribution in [3.8, 4) is 22.6 Å². The highest BCUT2D eigenvalue weighted by Crippen LogP contribution is 2.34. The first kappa shape index (κ1) is 32.0. The number of rotatable bonds is 10. The lowest BCUT2D eigenvalue weighted by atomic mass is 9.92. The Morgan fingerprint density at radius 2 is 1.80 bits per heavy atom. The second kappa shape index (κ2) is 13.7. The number of fused-ring (bicyclic) bond motifs is 1. The smallest absolute Gasteiger partial charge is 0.274 e. The molecular weight excluding hydrogens is 568 g/mol. The number of anilines is 1. The van der Waals surface area contributed by atoms with E-state index in [1.807, 2.05) is 64.3 Å². The number of hydrogen-bond acceptors (Lipinski definition) is 6. The lowest BCUT2D eigenvalue weighted by Crippen LogP contribution is -2.40. The number of pyridine rings is 1.